The minimum Gasteiger partial charge on any atom is -0.324 e. The molecule has 5 heteroatoms. The molecule has 0 fully saturated rings. The van der Waals surface area contributed by atoms with Crippen LogP contribution in [0.25, 0.3) is 11.1 Å². The maximum absolute atomic E-state index is 11.8. The molecule has 3 nitrogen and oxygen atoms in total. The van der Waals surface area contributed by atoms with Gasteiger partial charge < -0.3 is 5.73 Å². The fraction of sp³-hybridized carbons (Fsp3) is 0.200. The van der Waals surface area contributed by atoms with Crippen LogP contribution < -0.4 is 5.73 Å². The normalized spacial score (nSPS) is 12.6. The van der Waals surface area contributed by atoms with Crippen molar-refractivity contribution in [1.82, 2.24) is 0 Å². The summed E-state index contributed by atoms with van der Waals surface area (Å²) in [6, 6.07) is 14.7. The highest BCUT2D eigenvalue weighted by Gasteiger charge is 2.13. The first-order valence-electron chi connectivity index (χ1n) is 6.04. The Balaban J connectivity index is 0.00000200. The average Bonchev–Trinajstić information content (AvgIpc) is 2.38. The fourth-order valence-corrected chi connectivity index (χ4v) is 2.91. The summed E-state index contributed by atoms with van der Waals surface area (Å²) < 4.78 is 23.6. The second kappa shape index (κ2) is 6.39. The lowest BCUT2D eigenvalue weighted by atomic mass is 10.0. The number of halogens is 1. The lowest BCUT2D eigenvalue weighted by molar-refractivity contribution is 0.602. The highest BCUT2D eigenvalue weighted by Crippen LogP contribution is 2.27. The third-order valence-electron chi connectivity index (χ3n) is 3.03. The van der Waals surface area contributed by atoms with Crippen LogP contribution in [-0.4, -0.2) is 14.7 Å². The van der Waals surface area contributed by atoms with Crippen LogP contribution in [0.15, 0.2) is 53.4 Å². The quantitative estimate of drug-likeness (QED) is 0.947. The van der Waals surface area contributed by atoms with E-state index in [1.165, 1.54) is 6.26 Å². The van der Waals surface area contributed by atoms with Crippen molar-refractivity contribution in [3.8, 4) is 11.1 Å². The average molecular weight is 312 g/mol. The molecule has 0 radical (unpaired) electrons. The summed E-state index contributed by atoms with van der Waals surface area (Å²) in [5, 5.41) is 0. The highest BCUT2D eigenvalue weighted by molar-refractivity contribution is 7.90. The molecular weight excluding hydrogens is 294 g/mol. The van der Waals surface area contributed by atoms with Crippen LogP contribution in [0.4, 0.5) is 0 Å². The summed E-state index contributed by atoms with van der Waals surface area (Å²) in [4.78, 5) is 0.351. The molecule has 2 N–H and O–H groups in total. The molecule has 0 aliphatic heterocycles. The lowest BCUT2D eigenvalue weighted by Crippen LogP contribution is -2.04. The predicted molar refractivity (Wildman–Crippen MR) is 84.8 cm³/mol. The van der Waals surface area contributed by atoms with Gasteiger partial charge in [0.05, 0.1) is 4.90 Å². The second-order valence-corrected chi connectivity index (χ2v) is 6.66. The largest absolute Gasteiger partial charge is 0.324 e. The first kappa shape index (κ1) is 16.7. The predicted octanol–water partition coefficient (Wildman–Crippen LogP) is 3.20. The van der Waals surface area contributed by atoms with Gasteiger partial charge >= 0.3 is 0 Å². The Morgan fingerprint density at radius 1 is 1.00 bits per heavy atom. The van der Waals surface area contributed by atoms with E-state index in [1.807, 2.05) is 43.3 Å². The minimum atomic E-state index is -3.23. The zero-order valence-corrected chi connectivity index (χ0v) is 13.0. The zero-order valence-electron chi connectivity index (χ0n) is 11.4. The Kier molecular flexibility index (Phi) is 5.34. The molecule has 1 atom stereocenters. The van der Waals surface area contributed by atoms with Gasteiger partial charge in [-0.25, -0.2) is 8.42 Å². The molecule has 0 amide bonds. The van der Waals surface area contributed by atoms with Gasteiger partial charge in [0.15, 0.2) is 9.84 Å². The summed E-state index contributed by atoms with van der Waals surface area (Å²) in [5.74, 6) is 0. The third-order valence-corrected chi connectivity index (χ3v) is 4.19. The van der Waals surface area contributed by atoms with Crippen molar-refractivity contribution < 1.29 is 8.42 Å². The third kappa shape index (κ3) is 3.60. The molecule has 0 saturated carbocycles. The standard InChI is InChI=1S/C15H17NO2S.ClH/c1-11(16)12-7-9-13(10-8-12)14-5-3-4-6-15(14)19(2,17)18;/h3-11H,16H2,1-2H3;1H. The highest BCUT2D eigenvalue weighted by atomic mass is 35.5. The molecule has 0 aliphatic rings. The van der Waals surface area contributed by atoms with Crippen LogP contribution in [0.2, 0.25) is 0 Å². The van der Waals surface area contributed by atoms with Gasteiger partial charge in [-0.1, -0.05) is 42.5 Å². The first-order chi connectivity index (χ1) is 8.89. The number of hydrogen-bond acceptors (Lipinski definition) is 3. The Hall–Kier alpha value is -1.36. The number of nitrogens with two attached hydrogens (primary N) is 1. The summed E-state index contributed by atoms with van der Waals surface area (Å²) in [7, 11) is -3.23. The van der Waals surface area contributed by atoms with Gasteiger partial charge in [0, 0.05) is 17.9 Å². The molecule has 1 unspecified atom stereocenters. The Bertz CT molecular complexity index is 679. The second-order valence-electron chi connectivity index (χ2n) is 4.68. The van der Waals surface area contributed by atoms with Crippen molar-refractivity contribution >= 4 is 22.2 Å². The van der Waals surface area contributed by atoms with Gasteiger partial charge in [-0.3, -0.25) is 0 Å². The minimum absolute atomic E-state index is 0. The van der Waals surface area contributed by atoms with Crippen molar-refractivity contribution in [2.24, 2.45) is 5.73 Å². The van der Waals surface area contributed by atoms with E-state index in [0.29, 0.717) is 4.90 Å². The van der Waals surface area contributed by atoms with Crippen LogP contribution in [0.3, 0.4) is 0 Å². The van der Waals surface area contributed by atoms with Crippen molar-refractivity contribution in [1.29, 1.82) is 0 Å². The lowest BCUT2D eigenvalue weighted by Gasteiger charge is -2.10. The summed E-state index contributed by atoms with van der Waals surface area (Å²) in [6.07, 6.45) is 1.22. The van der Waals surface area contributed by atoms with Crippen LogP contribution >= 0.6 is 12.4 Å². The number of hydrogen-bond donors (Lipinski definition) is 1. The van der Waals surface area contributed by atoms with Crippen molar-refractivity contribution in [2.45, 2.75) is 17.9 Å². The number of rotatable bonds is 3. The maximum atomic E-state index is 11.8. The Labute approximate surface area is 126 Å². The Morgan fingerprint density at radius 2 is 1.55 bits per heavy atom. The van der Waals surface area contributed by atoms with Crippen molar-refractivity contribution in [2.75, 3.05) is 6.26 Å². The molecule has 20 heavy (non-hydrogen) atoms. The molecule has 2 rings (SSSR count). The molecule has 0 aliphatic carbocycles. The SMILES string of the molecule is CC(N)c1ccc(-c2ccccc2S(C)(=O)=O)cc1.Cl. The molecule has 2 aromatic rings. The maximum Gasteiger partial charge on any atom is 0.176 e. The molecule has 0 saturated heterocycles. The van der Waals surface area contributed by atoms with Crippen molar-refractivity contribution in [3.63, 3.8) is 0 Å². The number of benzene rings is 2. The smallest absolute Gasteiger partial charge is 0.176 e. The van der Waals surface area contributed by atoms with E-state index in [4.69, 9.17) is 5.73 Å². The topological polar surface area (TPSA) is 60.2 Å². The van der Waals surface area contributed by atoms with Crippen LogP contribution in [0, 0.1) is 0 Å². The van der Waals surface area contributed by atoms with E-state index < -0.39 is 9.84 Å². The molecule has 0 bridgehead atoms. The fourth-order valence-electron chi connectivity index (χ4n) is 1.99. The molecule has 108 valence electrons. The van der Waals surface area contributed by atoms with E-state index in [0.717, 1.165) is 16.7 Å². The van der Waals surface area contributed by atoms with Gasteiger partial charge in [0.25, 0.3) is 0 Å². The van der Waals surface area contributed by atoms with E-state index in [2.05, 4.69) is 0 Å². The molecule has 0 aromatic heterocycles. The molecule has 2 aromatic carbocycles. The summed E-state index contributed by atoms with van der Waals surface area (Å²) in [5.41, 5.74) is 8.44. The first-order valence-corrected chi connectivity index (χ1v) is 7.94. The van der Waals surface area contributed by atoms with Crippen LogP contribution in [0.5, 0.6) is 0 Å². The van der Waals surface area contributed by atoms with Crippen LogP contribution in [-0.2, 0) is 9.84 Å². The van der Waals surface area contributed by atoms with E-state index in [-0.39, 0.29) is 18.4 Å². The monoisotopic (exact) mass is 311 g/mol. The summed E-state index contributed by atoms with van der Waals surface area (Å²) >= 11 is 0. The molecule has 0 spiro atoms. The van der Waals surface area contributed by atoms with E-state index >= 15 is 0 Å². The summed E-state index contributed by atoms with van der Waals surface area (Å²) in [6.45, 7) is 1.92. The van der Waals surface area contributed by atoms with Gasteiger partial charge in [-0.05, 0) is 24.1 Å². The van der Waals surface area contributed by atoms with Crippen molar-refractivity contribution in [3.05, 3.63) is 54.1 Å². The molecule has 0 heterocycles. The van der Waals surface area contributed by atoms with E-state index in [9.17, 15) is 8.42 Å². The van der Waals surface area contributed by atoms with Gasteiger partial charge in [0.2, 0.25) is 0 Å². The van der Waals surface area contributed by atoms with Gasteiger partial charge in [0.1, 0.15) is 0 Å². The zero-order chi connectivity index (χ0) is 14.0. The Morgan fingerprint density at radius 3 is 2.05 bits per heavy atom. The van der Waals surface area contributed by atoms with Gasteiger partial charge in [-0.15, -0.1) is 12.4 Å². The van der Waals surface area contributed by atoms with E-state index in [1.54, 1.807) is 12.1 Å². The molecular formula is C15H18ClNO2S. The van der Waals surface area contributed by atoms with Crippen LogP contribution in [0.1, 0.15) is 18.5 Å². The number of sulfone groups is 1. The van der Waals surface area contributed by atoms with Gasteiger partial charge in [-0.2, -0.15) is 0 Å².